The summed E-state index contributed by atoms with van der Waals surface area (Å²) in [6, 6.07) is 0. The van der Waals surface area contributed by atoms with E-state index in [1.807, 2.05) is 0 Å². The summed E-state index contributed by atoms with van der Waals surface area (Å²) in [6.07, 6.45) is 0. The molecule has 0 radical (unpaired) electrons. The lowest BCUT2D eigenvalue weighted by Crippen LogP contribution is -2.33. The number of aryl methyl sites for hydroxylation is 1. The van der Waals surface area contributed by atoms with Crippen molar-refractivity contribution in [3.63, 3.8) is 0 Å². The van der Waals surface area contributed by atoms with Crippen molar-refractivity contribution in [1.82, 2.24) is 9.55 Å². The Balaban J connectivity index is 3.63. The molecule has 0 aliphatic rings. The molecule has 1 heterocycles. The van der Waals surface area contributed by atoms with E-state index in [-0.39, 0.29) is 5.75 Å². The quantitative estimate of drug-likeness (QED) is 0.611. The zero-order valence-electron chi connectivity index (χ0n) is 7.17. The molecule has 0 aromatic carbocycles. The van der Waals surface area contributed by atoms with Crippen LogP contribution in [0.5, 0.6) is 5.75 Å². The van der Waals surface area contributed by atoms with E-state index in [1.165, 1.54) is 14.2 Å². The minimum Gasteiger partial charge on any atom is -0.490 e. The number of hydrogen-bond donors (Lipinski definition) is 1. The van der Waals surface area contributed by atoms with E-state index >= 15 is 0 Å². The van der Waals surface area contributed by atoms with E-state index in [2.05, 4.69) is 4.98 Å². The minimum atomic E-state index is -0.432. The first-order valence-corrected chi connectivity index (χ1v) is 3.42. The number of rotatable bonds is 1. The molecule has 0 aliphatic carbocycles. The Labute approximate surface area is 68.6 Å². The summed E-state index contributed by atoms with van der Waals surface area (Å²) in [4.78, 5) is 24.7. The molecule has 5 nitrogen and oxygen atoms in total. The fourth-order valence-electron chi connectivity index (χ4n) is 0.946. The fraction of sp³-hybridized carbons (Fsp3) is 0.429. The van der Waals surface area contributed by atoms with Crippen LogP contribution in [0.25, 0.3) is 0 Å². The van der Waals surface area contributed by atoms with Gasteiger partial charge in [-0.2, -0.15) is 0 Å². The summed E-state index contributed by atoms with van der Waals surface area (Å²) in [5.41, 5.74) is -0.400. The van der Waals surface area contributed by atoms with Gasteiger partial charge in [0.15, 0.2) is 0 Å². The van der Waals surface area contributed by atoms with Crippen LogP contribution >= 0.6 is 0 Å². The SMILES string of the molecule is COc1c(C)[nH]c(=O)n(C)c1=O. The van der Waals surface area contributed by atoms with Gasteiger partial charge in [-0.15, -0.1) is 0 Å². The van der Waals surface area contributed by atoms with Crippen LogP contribution < -0.4 is 16.0 Å². The van der Waals surface area contributed by atoms with Crippen LogP contribution in [0.1, 0.15) is 5.69 Å². The number of aromatic nitrogens is 2. The number of nitrogens with one attached hydrogen (secondary N) is 1. The van der Waals surface area contributed by atoms with Crippen LogP contribution in [0.3, 0.4) is 0 Å². The van der Waals surface area contributed by atoms with Crippen molar-refractivity contribution < 1.29 is 4.74 Å². The standard InChI is InChI=1S/C7H10N2O3/c1-4-5(12-3)6(10)9(2)7(11)8-4/h1-3H3,(H,8,11). The number of ether oxygens (including phenoxy) is 1. The van der Waals surface area contributed by atoms with Gasteiger partial charge in [-0.1, -0.05) is 0 Å². The Morgan fingerprint density at radius 3 is 2.50 bits per heavy atom. The molecule has 1 N–H and O–H groups in total. The number of methoxy groups -OCH3 is 1. The average Bonchev–Trinajstić information content (AvgIpc) is 2.01. The second-order valence-corrected chi connectivity index (χ2v) is 2.45. The predicted octanol–water partition coefficient (Wildman–Crippen LogP) is -0.609. The molecular weight excluding hydrogens is 160 g/mol. The van der Waals surface area contributed by atoms with Crippen molar-refractivity contribution in [1.29, 1.82) is 0 Å². The third-order valence-electron chi connectivity index (χ3n) is 1.64. The average molecular weight is 170 g/mol. The van der Waals surface area contributed by atoms with Gasteiger partial charge in [0, 0.05) is 7.05 Å². The van der Waals surface area contributed by atoms with E-state index in [0.717, 1.165) is 4.57 Å². The summed E-state index contributed by atoms with van der Waals surface area (Å²) in [7, 11) is 2.78. The molecule has 0 spiro atoms. The lowest BCUT2D eigenvalue weighted by molar-refractivity contribution is 0.396. The van der Waals surface area contributed by atoms with Gasteiger partial charge in [0.2, 0.25) is 5.75 Å². The largest absolute Gasteiger partial charge is 0.490 e. The summed E-state index contributed by atoms with van der Waals surface area (Å²) < 4.78 is 5.77. The van der Waals surface area contributed by atoms with Crippen LogP contribution in [-0.2, 0) is 7.05 Å². The van der Waals surface area contributed by atoms with Crippen molar-refractivity contribution >= 4 is 0 Å². The van der Waals surface area contributed by atoms with Crippen molar-refractivity contribution in [2.45, 2.75) is 6.92 Å². The Morgan fingerprint density at radius 1 is 1.42 bits per heavy atom. The van der Waals surface area contributed by atoms with Crippen LogP contribution in [0, 0.1) is 6.92 Å². The molecule has 66 valence electrons. The van der Waals surface area contributed by atoms with Gasteiger partial charge in [-0.3, -0.25) is 9.36 Å². The molecule has 0 atom stereocenters. The molecule has 1 aromatic rings. The van der Waals surface area contributed by atoms with Gasteiger partial charge < -0.3 is 9.72 Å². The van der Waals surface area contributed by atoms with Crippen LogP contribution in [0.15, 0.2) is 9.59 Å². The Bertz CT molecular complexity index is 402. The van der Waals surface area contributed by atoms with E-state index in [9.17, 15) is 9.59 Å². The lowest BCUT2D eigenvalue weighted by Gasteiger charge is -2.03. The number of H-pyrrole nitrogens is 1. The molecule has 0 amide bonds. The number of nitrogens with zero attached hydrogens (tertiary/aromatic N) is 1. The minimum absolute atomic E-state index is 0.178. The summed E-state index contributed by atoms with van der Waals surface area (Å²) in [6.45, 7) is 1.61. The second-order valence-electron chi connectivity index (χ2n) is 2.45. The molecule has 1 aromatic heterocycles. The topological polar surface area (TPSA) is 64.1 Å². The first-order chi connectivity index (χ1) is 5.57. The van der Waals surface area contributed by atoms with E-state index in [4.69, 9.17) is 4.74 Å². The zero-order chi connectivity index (χ0) is 9.30. The molecule has 0 saturated heterocycles. The maximum Gasteiger partial charge on any atom is 0.328 e. The second kappa shape index (κ2) is 2.84. The van der Waals surface area contributed by atoms with E-state index in [0.29, 0.717) is 5.69 Å². The molecule has 0 unspecified atom stereocenters. The van der Waals surface area contributed by atoms with Crippen molar-refractivity contribution in [3.8, 4) is 5.75 Å². The Morgan fingerprint density at radius 2 is 2.00 bits per heavy atom. The monoisotopic (exact) mass is 170 g/mol. The Kier molecular flexibility index (Phi) is 2.03. The van der Waals surface area contributed by atoms with Crippen LogP contribution in [-0.4, -0.2) is 16.7 Å². The highest BCUT2D eigenvalue weighted by atomic mass is 16.5. The maximum absolute atomic E-state index is 11.3. The van der Waals surface area contributed by atoms with Gasteiger partial charge in [-0.05, 0) is 6.92 Å². The van der Waals surface area contributed by atoms with E-state index < -0.39 is 11.2 Å². The van der Waals surface area contributed by atoms with E-state index in [1.54, 1.807) is 6.92 Å². The molecular formula is C7H10N2O3. The highest BCUT2D eigenvalue weighted by Gasteiger charge is 2.07. The van der Waals surface area contributed by atoms with Gasteiger partial charge in [0.05, 0.1) is 12.8 Å². The molecule has 0 bridgehead atoms. The predicted molar refractivity (Wildman–Crippen MR) is 43.6 cm³/mol. The molecule has 12 heavy (non-hydrogen) atoms. The zero-order valence-corrected chi connectivity index (χ0v) is 7.17. The summed E-state index contributed by atoms with van der Waals surface area (Å²) >= 11 is 0. The summed E-state index contributed by atoms with van der Waals surface area (Å²) in [5, 5.41) is 0. The molecule has 0 fully saturated rings. The molecule has 0 saturated carbocycles. The lowest BCUT2D eigenvalue weighted by atomic mass is 10.4. The fourth-order valence-corrected chi connectivity index (χ4v) is 0.946. The number of aromatic amines is 1. The van der Waals surface area contributed by atoms with Crippen LogP contribution in [0.2, 0.25) is 0 Å². The highest BCUT2D eigenvalue weighted by Crippen LogP contribution is 2.03. The summed E-state index contributed by atoms with van der Waals surface area (Å²) in [5.74, 6) is 0.178. The van der Waals surface area contributed by atoms with Crippen molar-refractivity contribution in [2.75, 3.05) is 7.11 Å². The van der Waals surface area contributed by atoms with Gasteiger partial charge >= 0.3 is 5.69 Å². The van der Waals surface area contributed by atoms with Gasteiger partial charge in [-0.25, -0.2) is 4.79 Å². The highest BCUT2D eigenvalue weighted by molar-refractivity contribution is 5.22. The molecule has 0 aliphatic heterocycles. The van der Waals surface area contributed by atoms with Gasteiger partial charge in [0.1, 0.15) is 0 Å². The van der Waals surface area contributed by atoms with Crippen molar-refractivity contribution in [3.05, 3.63) is 26.5 Å². The first-order valence-electron chi connectivity index (χ1n) is 3.42. The van der Waals surface area contributed by atoms with Crippen molar-refractivity contribution in [2.24, 2.45) is 7.05 Å². The molecule has 1 rings (SSSR count). The molecule has 5 heteroatoms. The maximum atomic E-state index is 11.3. The third-order valence-corrected chi connectivity index (χ3v) is 1.64. The smallest absolute Gasteiger partial charge is 0.328 e. The van der Waals surface area contributed by atoms with Gasteiger partial charge in [0.25, 0.3) is 5.56 Å². The first kappa shape index (κ1) is 8.58. The van der Waals surface area contributed by atoms with Crippen LogP contribution in [0.4, 0.5) is 0 Å². The Hall–Kier alpha value is -1.52. The third kappa shape index (κ3) is 1.13. The normalized spacial score (nSPS) is 9.92. The number of hydrogen-bond acceptors (Lipinski definition) is 3.